The average molecular weight is 509 g/mol. The largest absolute Gasteiger partial charge is 0.348 e. The molecule has 0 fully saturated rings. The zero-order chi connectivity index (χ0) is 24.0. The van der Waals surface area contributed by atoms with Gasteiger partial charge in [0.2, 0.25) is 15.9 Å². The lowest BCUT2D eigenvalue weighted by Crippen LogP contribution is -2.42. The Hall–Kier alpha value is -2.45. The summed E-state index contributed by atoms with van der Waals surface area (Å²) in [5.41, 5.74) is 1.62. The molecule has 0 saturated carbocycles. The lowest BCUT2D eigenvalue weighted by atomic mass is 10.1. The lowest BCUT2D eigenvalue weighted by Gasteiger charge is -2.24. The number of rotatable bonds is 9. The molecule has 3 rings (SSSR count). The summed E-state index contributed by atoms with van der Waals surface area (Å²) in [6, 6.07) is 18.8. The number of sulfonamides is 1. The number of nitrogens with zero attached hydrogens (tertiary/aromatic N) is 1. The van der Waals surface area contributed by atoms with E-state index < -0.39 is 28.5 Å². The van der Waals surface area contributed by atoms with Crippen LogP contribution < -0.4 is 5.32 Å². The van der Waals surface area contributed by atoms with Crippen molar-refractivity contribution in [1.29, 1.82) is 0 Å². The van der Waals surface area contributed by atoms with Crippen molar-refractivity contribution in [3.8, 4) is 0 Å². The standard InChI is InChI=1S/C24H23Cl2FN2O3S/c1-17(19-7-10-21(27)11-8-19)28-24(30)16-29(14-13-18-5-3-2-4-6-18)33(31,32)23-15-20(25)9-12-22(23)26/h2-12,15,17H,13-14,16H2,1H3,(H,28,30). The van der Waals surface area contributed by atoms with Gasteiger partial charge in [-0.15, -0.1) is 0 Å². The minimum Gasteiger partial charge on any atom is -0.348 e. The van der Waals surface area contributed by atoms with Crippen LogP contribution in [0.5, 0.6) is 0 Å². The fraction of sp³-hybridized carbons (Fsp3) is 0.208. The van der Waals surface area contributed by atoms with Crippen molar-refractivity contribution < 1.29 is 17.6 Å². The van der Waals surface area contributed by atoms with Gasteiger partial charge < -0.3 is 5.32 Å². The maximum Gasteiger partial charge on any atom is 0.245 e. The Morgan fingerprint density at radius 3 is 2.36 bits per heavy atom. The first-order valence-corrected chi connectivity index (χ1v) is 12.4. The average Bonchev–Trinajstić information content (AvgIpc) is 2.79. The van der Waals surface area contributed by atoms with E-state index in [1.165, 1.54) is 30.3 Å². The highest BCUT2D eigenvalue weighted by atomic mass is 35.5. The van der Waals surface area contributed by atoms with Gasteiger partial charge in [-0.05, 0) is 54.8 Å². The van der Waals surface area contributed by atoms with Crippen LogP contribution in [0.4, 0.5) is 4.39 Å². The smallest absolute Gasteiger partial charge is 0.245 e. The van der Waals surface area contributed by atoms with Gasteiger partial charge in [0.05, 0.1) is 17.6 Å². The molecule has 1 N–H and O–H groups in total. The van der Waals surface area contributed by atoms with Gasteiger partial charge in [0.1, 0.15) is 10.7 Å². The van der Waals surface area contributed by atoms with E-state index >= 15 is 0 Å². The molecule has 1 unspecified atom stereocenters. The summed E-state index contributed by atoms with van der Waals surface area (Å²) < 4.78 is 41.1. The number of amides is 1. The summed E-state index contributed by atoms with van der Waals surface area (Å²) in [4.78, 5) is 12.6. The first-order chi connectivity index (χ1) is 15.7. The summed E-state index contributed by atoms with van der Waals surface area (Å²) in [6.45, 7) is 1.39. The SMILES string of the molecule is CC(NC(=O)CN(CCc1ccccc1)S(=O)(=O)c1cc(Cl)ccc1Cl)c1ccc(F)cc1. The Balaban J connectivity index is 1.82. The van der Waals surface area contributed by atoms with Gasteiger partial charge in [0, 0.05) is 11.6 Å². The van der Waals surface area contributed by atoms with Gasteiger partial charge in [0.15, 0.2) is 0 Å². The molecule has 0 aromatic heterocycles. The predicted octanol–water partition coefficient (Wildman–Crippen LogP) is 5.24. The molecule has 0 aliphatic rings. The van der Waals surface area contributed by atoms with E-state index in [1.807, 2.05) is 30.3 Å². The molecule has 174 valence electrons. The highest BCUT2D eigenvalue weighted by molar-refractivity contribution is 7.89. The number of carbonyl (C=O) groups is 1. The molecule has 0 radical (unpaired) electrons. The summed E-state index contributed by atoms with van der Waals surface area (Å²) in [7, 11) is -4.12. The monoisotopic (exact) mass is 508 g/mol. The predicted molar refractivity (Wildman–Crippen MR) is 128 cm³/mol. The van der Waals surface area contributed by atoms with E-state index in [9.17, 15) is 17.6 Å². The first-order valence-electron chi connectivity index (χ1n) is 10.2. The third kappa shape index (κ3) is 6.77. The molecule has 0 bridgehead atoms. The van der Waals surface area contributed by atoms with Crippen LogP contribution in [0.1, 0.15) is 24.1 Å². The summed E-state index contributed by atoms with van der Waals surface area (Å²) in [5, 5.41) is 3.00. The van der Waals surface area contributed by atoms with E-state index in [1.54, 1.807) is 19.1 Å². The zero-order valence-electron chi connectivity index (χ0n) is 17.8. The Kier molecular flexibility index (Phi) is 8.48. The molecular weight excluding hydrogens is 486 g/mol. The van der Waals surface area contributed by atoms with Gasteiger partial charge in [-0.1, -0.05) is 65.7 Å². The number of halogens is 3. The summed E-state index contributed by atoms with van der Waals surface area (Å²) in [6.07, 6.45) is 0.402. The molecule has 9 heteroatoms. The second kappa shape index (κ2) is 11.1. The van der Waals surface area contributed by atoms with Gasteiger partial charge in [0.25, 0.3) is 0 Å². The summed E-state index contributed by atoms with van der Waals surface area (Å²) >= 11 is 12.2. The van der Waals surface area contributed by atoms with Crippen molar-refractivity contribution in [2.24, 2.45) is 0 Å². The van der Waals surface area contributed by atoms with Crippen LogP contribution in [-0.4, -0.2) is 31.7 Å². The topological polar surface area (TPSA) is 66.5 Å². The van der Waals surface area contributed by atoms with Crippen molar-refractivity contribution in [3.63, 3.8) is 0 Å². The van der Waals surface area contributed by atoms with Crippen LogP contribution >= 0.6 is 23.2 Å². The normalized spacial score (nSPS) is 12.5. The van der Waals surface area contributed by atoms with Crippen molar-refractivity contribution in [1.82, 2.24) is 9.62 Å². The molecule has 3 aromatic rings. The van der Waals surface area contributed by atoms with Crippen LogP contribution in [-0.2, 0) is 21.2 Å². The molecule has 0 spiro atoms. The Morgan fingerprint density at radius 2 is 1.70 bits per heavy atom. The van der Waals surface area contributed by atoms with Crippen LogP contribution in [0.2, 0.25) is 10.0 Å². The van der Waals surface area contributed by atoms with E-state index in [2.05, 4.69) is 5.32 Å². The fourth-order valence-electron chi connectivity index (χ4n) is 3.28. The van der Waals surface area contributed by atoms with Crippen molar-refractivity contribution in [2.45, 2.75) is 24.3 Å². The number of hydrogen-bond donors (Lipinski definition) is 1. The van der Waals surface area contributed by atoms with Gasteiger partial charge in [-0.2, -0.15) is 4.31 Å². The highest BCUT2D eigenvalue weighted by Gasteiger charge is 2.29. The highest BCUT2D eigenvalue weighted by Crippen LogP contribution is 2.28. The van der Waals surface area contributed by atoms with Crippen molar-refractivity contribution in [3.05, 3.63) is 99.8 Å². The van der Waals surface area contributed by atoms with E-state index in [0.29, 0.717) is 12.0 Å². The zero-order valence-corrected chi connectivity index (χ0v) is 20.2. The number of nitrogens with one attached hydrogen (secondary N) is 1. The first kappa shape index (κ1) is 25.2. The van der Waals surface area contributed by atoms with E-state index in [4.69, 9.17) is 23.2 Å². The summed E-state index contributed by atoms with van der Waals surface area (Å²) in [5.74, 6) is -0.879. The quantitative estimate of drug-likeness (QED) is 0.429. The maximum absolute atomic E-state index is 13.4. The minimum atomic E-state index is -4.12. The van der Waals surface area contributed by atoms with Crippen molar-refractivity contribution >= 4 is 39.1 Å². The fourth-order valence-corrected chi connectivity index (χ4v) is 5.41. The third-order valence-corrected chi connectivity index (χ3v) is 7.63. The Bertz CT molecular complexity index is 1210. The van der Waals surface area contributed by atoms with Crippen molar-refractivity contribution in [2.75, 3.05) is 13.1 Å². The van der Waals surface area contributed by atoms with Crippen LogP contribution in [0.25, 0.3) is 0 Å². The molecule has 0 aliphatic carbocycles. The molecule has 1 atom stereocenters. The third-order valence-electron chi connectivity index (χ3n) is 5.07. The van der Waals surface area contributed by atoms with E-state index in [-0.39, 0.29) is 27.3 Å². The van der Waals surface area contributed by atoms with Gasteiger partial charge in [-0.25, -0.2) is 12.8 Å². The second-order valence-electron chi connectivity index (χ2n) is 7.49. The molecule has 33 heavy (non-hydrogen) atoms. The van der Waals surface area contributed by atoms with E-state index in [0.717, 1.165) is 9.87 Å². The van der Waals surface area contributed by atoms with Crippen LogP contribution in [0.3, 0.4) is 0 Å². The second-order valence-corrected chi connectivity index (χ2v) is 10.2. The van der Waals surface area contributed by atoms with Gasteiger partial charge in [-0.3, -0.25) is 4.79 Å². The molecule has 0 aliphatic heterocycles. The number of benzene rings is 3. The molecule has 3 aromatic carbocycles. The molecule has 5 nitrogen and oxygen atoms in total. The minimum absolute atomic E-state index is 0.0178. The number of hydrogen-bond acceptors (Lipinski definition) is 3. The molecule has 0 heterocycles. The maximum atomic E-state index is 13.4. The van der Waals surface area contributed by atoms with Gasteiger partial charge >= 0.3 is 0 Å². The Morgan fingerprint density at radius 1 is 1.03 bits per heavy atom. The van der Waals surface area contributed by atoms with Crippen LogP contribution in [0.15, 0.2) is 77.7 Å². The Labute approximate surface area is 203 Å². The number of carbonyl (C=O) groups excluding carboxylic acids is 1. The molecular formula is C24H23Cl2FN2O3S. The molecule has 0 saturated heterocycles. The van der Waals surface area contributed by atoms with Crippen LogP contribution in [0, 0.1) is 5.82 Å². The molecule has 1 amide bonds. The lowest BCUT2D eigenvalue weighted by molar-refractivity contribution is -0.121.